The number of hydrogen-bond acceptors (Lipinski definition) is 8. The van der Waals surface area contributed by atoms with Gasteiger partial charge >= 0.3 is 0 Å². The Morgan fingerprint density at radius 3 is 2.10 bits per heavy atom. The molecular weight excluding hydrogens is 742 g/mol. The number of nitrogens with two attached hydrogens (primary N) is 2. The number of hydrogen-bond donors (Lipinski definition) is 3. The molecule has 0 amide bonds. The molecule has 0 radical (unpaired) electrons. The molecule has 48 heavy (non-hydrogen) atoms. The van der Waals surface area contributed by atoms with Crippen molar-refractivity contribution in [1.82, 2.24) is 35.0 Å². The van der Waals surface area contributed by atoms with E-state index in [4.69, 9.17) is 11.5 Å². The summed E-state index contributed by atoms with van der Waals surface area (Å²) < 4.78 is 16.7. The number of rotatable bonds is 4. The Kier molecular flexibility index (Phi) is 19.3. The first-order valence-corrected chi connectivity index (χ1v) is 13.7. The summed E-state index contributed by atoms with van der Waals surface area (Å²) in [6, 6.07) is 16.7. The van der Waals surface area contributed by atoms with Crippen LogP contribution in [-0.4, -0.2) is 42.8 Å². The number of halogens is 7. The molecule has 5 N–H and O–H groups in total. The number of aromatic nitrogens is 6. The van der Waals surface area contributed by atoms with Gasteiger partial charge in [0.15, 0.2) is 0 Å². The molecule has 16 heteroatoms. The largest absolute Gasteiger partial charge is 0.384 e. The SMILES string of the molecule is Cl.Cl.Cl.Cl.Cl.Cl.Nc1ccccn1.Nc1ncc(-c2cnn(C3CCNCC3)c2)cc1-c1cc2c(-c3cccnc3)ccc(F)c2cn1. The van der Waals surface area contributed by atoms with Crippen LogP contribution < -0.4 is 16.8 Å². The van der Waals surface area contributed by atoms with E-state index in [9.17, 15) is 4.39 Å². The Balaban J connectivity index is 0.00000153. The first kappa shape index (κ1) is 44.5. The van der Waals surface area contributed by atoms with E-state index in [1.54, 1.807) is 43.1 Å². The highest BCUT2D eigenvalue weighted by Gasteiger charge is 2.17. The van der Waals surface area contributed by atoms with Crippen LogP contribution in [0.3, 0.4) is 0 Å². The van der Waals surface area contributed by atoms with Crippen LogP contribution >= 0.6 is 74.4 Å². The maximum atomic E-state index is 14.6. The minimum atomic E-state index is -0.322. The zero-order valence-corrected chi connectivity index (χ0v) is 30.2. The highest BCUT2D eigenvalue weighted by Crippen LogP contribution is 2.35. The van der Waals surface area contributed by atoms with Crippen LogP contribution in [0.4, 0.5) is 16.0 Å². The molecule has 0 atom stereocenters. The number of nitrogens with zero attached hydrogens (tertiary/aromatic N) is 6. The van der Waals surface area contributed by atoms with E-state index in [-0.39, 0.29) is 80.3 Å². The summed E-state index contributed by atoms with van der Waals surface area (Å²) in [4.78, 5) is 17.0. The van der Waals surface area contributed by atoms with Crippen molar-refractivity contribution in [3.8, 4) is 33.5 Å². The summed E-state index contributed by atoms with van der Waals surface area (Å²) in [5.41, 5.74) is 16.5. The molecule has 1 aliphatic heterocycles. The topological polar surface area (TPSA) is 133 Å². The molecule has 5 aromatic heterocycles. The normalized spacial score (nSPS) is 11.8. The summed E-state index contributed by atoms with van der Waals surface area (Å²) in [5, 5.41) is 9.18. The van der Waals surface area contributed by atoms with Crippen LogP contribution in [0.1, 0.15) is 18.9 Å². The van der Waals surface area contributed by atoms with E-state index < -0.39 is 0 Å². The Morgan fingerprint density at radius 1 is 0.688 bits per heavy atom. The van der Waals surface area contributed by atoms with Gasteiger partial charge in [0.2, 0.25) is 0 Å². The molecule has 0 unspecified atom stereocenters. The lowest BCUT2D eigenvalue weighted by Crippen LogP contribution is -2.29. The van der Waals surface area contributed by atoms with Gasteiger partial charge in [-0.05, 0) is 73.3 Å². The summed E-state index contributed by atoms with van der Waals surface area (Å²) in [7, 11) is 0. The van der Waals surface area contributed by atoms with Gasteiger partial charge < -0.3 is 16.8 Å². The molecule has 6 aromatic rings. The highest BCUT2D eigenvalue weighted by molar-refractivity contribution is 5.98. The van der Waals surface area contributed by atoms with Gasteiger partial charge in [0.1, 0.15) is 17.5 Å². The third-order valence-electron chi connectivity index (χ3n) is 7.32. The minimum absolute atomic E-state index is 0. The van der Waals surface area contributed by atoms with Crippen LogP contribution in [0.2, 0.25) is 0 Å². The molecule has 258 valence electrons. The Bertz CT molecular complexity index is 1830. The monoisotopic (exact) mass is 775 g/mol. The number of fused-ring (bicyclic) bond motifs is 1. The fourth-order valence-electron chi connectivity index (χ4n) is 5.10. The van der Waals surface area contributed by atoms with Gasteiger partial charge in [-0.15, -0.1) is 74.4 Å². The summed E-state index contributed by atoms with van der Waals surface area (Å²) >= 11 is 0. The van der Waals surface area contributed by atoms with Crippen molar-refractivity contribution in [3.63, 3.8) is 0 Å². The molecular formula is C32H36Cl6FN9. The van der Waals surface area contributed by atoms with Gasteiger partial charge in [0.05, 0.1) is 17.9 Å². The second kappa shape index (κ2) is 20.8. The smallest absolute Gasteiger partial charge is 0.132 e. The van der Waals surface area contributed by atoms with E-state index in [0.29, 0.717) is 34.3 Å². The third-order valence-corrected chi connectivity index (χ3v) is 7.32. The van der Waals surface area contributed by atoms with Crippen LogP contribution in [0.25, 0.3) is 44.3 Å². The Hall–Kier alpha value is -3.48. The molecule has 1 fully saturated rings. The standard InChI is InChI=1S/C27H24FN7.C5H6N2.6ClH/c28-25-4-3-21(17-2-1-7-31-12-17)22-11-26(32-15-24(22)25)23-10-18(13-33-27(23)29)19-14-34-35(16-19)20-5-8-30-9-6-20;6-5-3-1-2-4-7-5;;;;;;/h1-4,7,10-16,20,30H,5-6,8-9H2,(H2,29,33);1-4H,(H2,6,7);6*1H. The molecule has 1 aliphatic rings. The molecule has 9 nitrogen and oxygen atoms in total. The van der Waals surface area contributed by atoms with Crippen molar-refractivity contribution in [2.45, 2.75) is 18.9 Å². The molecule has 0 spiro atoms. The molecule has 0 aliphatic carbocycles. The number of anilines is 2. The number of pyridine rings is 4. The summed E-state index contributed by atoms with van der Waals surface area (Å²) in [6.07, 6.45) is 14.5. The lowest BCUT2D eigenvalue weighted by atomic mass is 9.98. The maximum absolute atomic E-state index is 14.6. The van der Waals surface area contributed by atoms with Crippen LogP contribution in [0.5, 0.6) is 0 Å². The third kappa shape index (κ3) is 10.3. The van der Waals surface area contributed by atoms with Gasteiger partial charge in [-0.2, -0.15) is 5.10 Å². The van der Waals surface area contributed by atoms with E-state index in [0.717, 1.165) is 53.6 Å². The summed E-state index contributed by atoms with van der Waals surface area (Å²) in [6.45, 7) is 2.01. The van der Waals surface area contributed by atoms with Gasteiger partial charge in [-0.25, -0.2) is 14.4 Å². The van der Waals surface area contributed by atoms with E-state index in [1.165, 1.54) is 6.07 Å². The maximum Gasteiger partial charge on any atom is 0.132 e. The number of nitrogens with one attached hydrogen (secondary N) is 1. The summed E-state index contributed by atoms with van der Waals surface area (Å²) in [5.74, 6) is 0.616. The van der Waals surface area contributed by atoms with Crippen LogP contribution in [-0.2, 0) is 0 Å². The predicted molar refractivity (Wildman–Crippen MR) is 207 cm³/mol. The lowest BCUT2D eigenvalue weighted by Gasteiger charge is -2.22. The van der Waals surface area contributed by atoms with Crippen LogP contribution in [0.15, 0.2) is 98.0 Å². The lowest BCUT2D eigenvalue weighted by molar-refractivity contribution is 0.343. The second-order valence-electron chi connectivity index (χ2n) is 10.1. The number of benzene rings is 1. The van der Waals surface area contributed by atoms with Gasteiger partial charge in [-0.3, -0.25) is 14.6 Å². The average molecular weight is 778 g/mol. The van der Waals surface area contributed by atoms with Crippen molar-refractivity contribution in [2.24, 2.45) is 0 Å². The van der Waals surface area contributed by atoms with Crippen molar-refractivity contribution in [2.75, 3.05) is 24.6 Å². The van der Waals surface area contributed by atoms with E-state index in [1.807, 2.05) is 47.3 Å². The first-order valence-electron chi connectivity index (χ1n) is 13.7. The van der Waals surface area contributed by atoms with E-state index >= 15 is 0 Å². The zero-order valence-electron chi connectivity index (χ0n) is 25.3. The van der Waals surface area contributed by atoms with Crippen molar-refractivity contribution >= 4 is 96.9 Å². The number of nitrogen functional groups attached to an aromatic ring is 2. The number of piperidine rings is 1. The van der Waals surface area contributed by atoms with E-state index in [2.05, 4.69) is 36.5 Å². The van der Waals surface area contributed by atoms with Gasteiger partial charge in [0, 0.05) is 64.8 Å². The molecule has 6 heterocycles. The zero-order chi connectivity index (χ0) is 28.9. The fraction of sp³-hybridized carbons (Fsp3) is 0.156. The quantitative estimate of drug-likeness (QED) is 0.164. The predicted octanol–water partition coefficient (Wildman–Crippen LogP) is 8.06. The van der Waals surface area contributed by atoms with Crippen molar-refractivity contribution < 1.29 is 4.39 Å². The van der Waals surface area contributed by atoms with Crippen molar-refractivity contribution in [3.05, 3.63) is 104 Å². The highest BCUT2D eigenvalue weighted by atomic mass is 35.5. The molecule has 0 bridgehead atoms. The Labute approximate surface area is 315 Å². The first-order chi connectivity index (χ1) is 20.6. The molecule has 1 saturated heterocycles. The van der Waals surface area contributed by atoms with Crippen molar-refractivity contribution in [1.29, 1.82) is 0 Å². The van der Waals surface area contributed by atoms with Crippen LogP contribution in [0, 0.1) is 5.82 Å². The second-order valence-corrected chi connectivity index (χ2v) is 10.1. The van der Waals surface area contributed by atoms with Gasteiger partial charge in [-0.1, -0.05) is 18.2 Å². The average Bonchev–Trinajstić information content (AvgIpc) is 3.54. The van der Waals surface area contributed by atoms with Gasteiger partial charge in [0.25, 0.3) is 0 Å². The minimum Gasteiger partial charge on any atom is -0.384 e. The molecule has 0 saturated carbocycles. The molecule has 1 aromatic carbocycles. The fourth-order valence-corrected chi connectivity index (χ4v) is 5.10. The molecule has 7 rings (SSSR count). The Morgan fingerprint density at radius 2 is 1.46 bits per heavy atom.